The van der Waals surface area contributed by atoms with E-state index < -0.39 is 0 Å². The van der Waals surface area contributed by atoms with E-state index >= 15 is 0 Å². The number of nitrogens with zero attached hydrogens (tertiary/aromatic N) is 2. The smallest absolute Gasteiger partial charge is 0.281 e. The summed E-state index contributed by atoms with van der Waals surface area (Å²) in [6.45, 7) is 2.11. The molecule has 2 atom stereocenters. The van der Waals surface area contributed by atoms with Crippen molar-refractivity contribution in [2.24, 2.45) is 0 Å². The van der Waals surface area contributed by atoms with Gasteiger partial charge >= 0.3 is 0 Å². The zero-order chi connectivity index (χ0) is 19.8. The lowest BCUT2D eigenvalue weighted by molar-refractivity contribution is 0.524. The van der Waals surface area contributed by atoms with E-state index in [1.165, 1.54) is 16.0 Å². The second-order valence-corrected chi connectivity index (χ2v) is 9.52. The maximum atomic E-state index is 12.6. The summed E-state index contributed by atoms with van der Waals surface area (Å²) < 4.78 is 2.27. The van der Waals surface area contributed by atoms with Crippen LogP contribution in [0.5, 0.6) is 0 Å². The number of hydrogen-bond donors (Lipinski definition) is 0. The molecule has 0 N–H and O–H groups in total. The number of fused-ring (bicyclic) bond motifs is 3. The number of hydrogen-bond acceptors (Lipinski definition) is 4. The Morgan fingerprint density at radius 3 is 2.48 bits per heavy atom. The molecule has 5 rings (SSSR count). The van der Waals surface area contributed by atoms with Crippen LogP contribution in [0.4, 0.5) is 0 Å². The van der Waals surface area contributed by atoms with Gasteiger partial charge in [0, 0.05) is 15.9 Å². The van der Waals surface area contributed by atoms with Crippen LogP contribution >= 0.6 is 23.5 Å². The zero-order valence-corrected chi connectivity index (χ0v) is 17.6. The lowest BCUT2D eigenvalue weighted by Gasteiger charge is -2.35. The lowest BCUT2D eigenvalue weighted by Crippen LogP contribution is -2.33. The average molecular weight is 417 g/mol. The van der Waals surface area contributed by atoms with Crippen molar-refractivity contribution in [3.05, 3.63) is 100 Å². The van der Waals surface area contributed by atoms with Gasteiger partial charge in [-0.2, -0.15) is 4.98 Å². The van der Waals surface area contributed by atoms with Crippen LogP contribution in [0.2, 0.25) is 0 Å². The molecule has 144 valence electrons. The normalized spacial score (nSPS) is 18.5. The van der Waals surface area contributed by atoms with Crippen LogP contribution < -0.4 is 5.56 Å². The van der Waals surface area contributed by atoms with Crippen molar-refractivity contribution in [2.45, 2.75) is 28.3 Å². The maximum Gasteiger partial charge on any atom is 0.281 e. The number of aromatic nitrogens is 2. The summed E-state index contributed by atoms with van der Waals surface area (Å²) >= 11 is 3.58. The third-order valence-corrected chi connectivity index (χ3v) is 7.81. The maximum absolute atomic E-state index is 12.6. The molecule has 0 amide bonds. The van der Waals surface area contributed by atoms with E-state index in [4.69, 9.17) is 0 Å². The Morgan fingerprint density at radius 1 is 0.966 bits per heavy atom. The number of aryl methyl sites for hydroxylation is 1. The molecule has 0 saturated carbocycles. The van der Waals surface area contributed by atoms with Crippen LogP contribution in [-0.2, 0) is 0 Å². The molecule has 29 heavy (non-hydrogen) atoms. The number of para-hydroxylation sites is 1. The SMILES string of the molecule is Cc1ccc(S[C@@H]2CSc3nc(=O)c4ccccc4n3[C@H]2c2ccccc2)cc1. The molecule has 1 aromatic heterocycles. The fraction of sp³-hybridized carbons (Fsp3) is 0.167. The summed E-state index contributed by atoms with van der Waals surface area (Å²) in [7, 11) is 0. The molecule has 1 aliphatic heterocycles. The Kier molecular flexibility index (Phi) is 4.94. The Labute approximate surface area is 178 Å². The van der Waals surface area contributed by atoms with Crippen molar-refractivity contribution < 1.29 is 0 Å². The summed E-state index contributed by atoms with van der Waals surface area (Å²) in [5.41, 5.74) is 3.33. The fourth-order valence-electron chi connectivity index (χ4n) is 3.86. The van der Waals surface area contributed by atoms with Crippen molar-refractivity contribution in [1.82, 2.24) is 9.55 Å². The van der Waals surface area contributed by atoms with Gasteiger partial charge in [-0.1, -0.05) is 71.9 Å². The summed E-state index contributed by atoms with van der Waals surface area (Å²) in [6.07, 6.45) is 0. The Hall–Kier alpha value is -2.50. The highest BCUT2D eigenvalue weighted by atomic mass is 32.2. The molecule has 4 aromatic rings. The lowest BCUT2D eigenvalue weighted by atomic mass is 10.0. The molecule has 3 aromatic carbocycles. The van der Waals surface area contributed by atoms with Gasteiger partial charge in [-0.15, -0.1) is 11.8 Å². The minimum atomic E-state index is -0.143. The second-order valence-electron chi connectivity index (χ2n) is 7.22. The highest BCUT2D eigenvalue weighted by molar-refractivity contribution is 8.03. The Morgan fingerprint density at radius 2 is 1.69 bits per heavy atom. The van der Waals surface area contributed by atoms with E-state index in [0.29, 0.717) is 10.6 Å². The van der Waals surface area contributed by atoms with Gasteiger partial charge in [0.25, 0.3) is 5.56 Å². The van der Waals surface area contributed by atoms with Gasteiger partial charge in [-0.05, 0) is 36.8 Å². The first-order chi connectivity index (χ1) is 14.2. The van der Waals surface area contributed by atoms with Crippen molar-refractivity contribution in [2.75, 3.05) is 5.75 Å². The van der Waals surface area contributed by atoms with Crippen LogP contribution in [0.3, 0.4) is 0 Å². The summed E-state index contributed by atoms with van der Waals surface area (Å²) in [4.78, 5) is 18.3. The van der Waals surface area contributed by atoms with E-state index in [-0.39, 0.29) is 11.6 Å². The molecule has 0 fully saturated rings. The van der Waals surface area contributed by atoms with Crippen LogP contribution in [0.1, 0.15) is 17.2 Å². The number of thioether (sulfide) groups is 2. The van der Waals surface area contributed by atoms with Gasteiger partial charge in [-0.3, -0.25) is 4.79 Å². The molecule has 0 radical (unpaired) electrons. The van der Waals surface area contributed by atoms with E-state index in [0.717, 1.165) is 16.4 Å². The molecule has 5 heteroatoms. The molecular formula is C24H20N2OS2. The van der Waals surface area contributed by atoms with Crippen LogP contribution in [-0.4, -0.2) is 20.6 Å². The summed E-state index contributed by atoms with van der Waals surface area (Å²) in [5.74, 6) is 0.906. The molecule has 0 saturated heterocycles. The van der Waals surface area contributed by atoms with E-state index in [2.05, 4.69) is 65.0 Å². The van der Waals surface area contributed by atoms with Gasteiger partial charge in [0.05, 0.1) is 16.9 Å². The monoisotopic (exact) mass is 416 g/mol. The molecule has 0 spiro atoms. The van der Waals surface area contributed by atoms with Crippen LogP contribution in [0.25, 0.3) is 10.9 Å². The minimum Gasteiger partial charge on any atom is -0.311 e. The molecule has 0 unspecified atom stereocenters. The molecular weight excluding hydrogens is 396 g/mol. The number of benzene rings is 3. The zero-order valence-electron chi connectivity index (χ0n) is 16.0. The first kappa shape index (κ1) is 18.5. The van der Waals surface area contributed by atoms with Gasteiger partial charge < -0.3 is 4.57 Å². The minimum absolute atomic E-state index is 0.108. The summed E-state index contributed by atoms with van der Waals surface area (Å²) in [5, 5.41) is 1.81. The third-order valence-electron chi connectivity index (χ3n) is 5.25. The first-order valence-corrected chi connectivity index (χ1v) is 11.5. The first-order valence-electron chi connectivity index (χ1n) is 9.63. The van der Waals surface area contributed by atoms with Gasteiger partial charge in [-0.25, -0.2) is 0 Å². The summed E-state index contributed by atoms with van der Waals surface area (Å²) in [6, 6.07) is 27.2. The van der Waals surface area contributed by atoms with Crippen LogP contribution in [0.15, 0.2) is 93.7 Å². The van der Waals surface area contributed by atoms with Crippen molar-refractivity contribution in [3.63, 3.8) is 0 Å². The van der Waals surface area contributed by atoms with Gasteiger partial charge in [0.1, 0.15) is 0 Å². The molecule has 3 nitrogen and oxygen atoms in total. The highest BCUT2D eigenvalue weighted by Gasteiger charge is 2.33. The topological polar surface area (TPSA) is 34.9 Å². The largest absolute Gasteiger partial charge is 0.311 e. The fourth-order valence-corrected chi connectivity index (χ4v) is 6.38. The van der Waals surface area contributed by atoms with E-state index in [1.807, 2.05) is 42.1 Å². The van der Waals surface area contributed by atoms with Gasteiger partial charge in [0.15, 0.2) is 5.16 Å². The van der Waals surface area contributed by atoms with Crippen molar-refractivity contribution in [3.8, 4) is 0 Å². The standard InChI is InChI=1S/C24H20N2OS2/c1-16-11-13-18(14-12-16)29-21-15-28-24-25-23(27)19-9-5-6-10-20(19)26(24)22(21)17-7-3-2-4-8-17/h2-14,21-22H,15H2,1H3/t21-,22+/m1/s1. The van der Waals surface area contributed by atoms with Crippen molar-refractivity contribution >= 4 is 34.4 Å². The van der Waals surface area contributed by atoms with E-state index in [9.17, 15) is 4.79 Å². The van der Waals surface area contributed by atoms with E-state index in [1.54, 1.807) is 11.8 Å². The predicted molar refractivity (Wildman–Crippen MR) is 122 cm³/mol. The molecule has 2 heterocycles. The van der Waals surface area contributed by atoms with Crippen molar-refractivity contribution in [1.29, 1.82) is 0 Å². The average Bonchev–Trinajstić information content (AvgIpc) is 2.76. The highest BCUT2D eigenvalue weighted by Crippen LogP contribution is 2.44. The Bertz CT molecular complexity index is 1220. The molecule has 0 bridgehead atoms. The van der Waals surface area contributed by atoms with Gasteiger partial charge in [0.2, 0.25) is 0 Å². The third kappa shape index (κ3) is 3.49. The number of rotatable bonds is 3. The van der Waals surface area contributed by atoms with Crippen LogP contribution in [0, 0.1) is 6.92 Å². The quantitative estimate of drug-likeness (QED) is 0.410. The molecule has 1 aliphatic rings. The second kappa shape index (κ2) is 7.73. The Balaban J connectivity index is 1.68. The molecule has 0 aliphatic carbocycles. The predicted octanol–water partition coefficient (Wildman–Crippen LogP) is 5.56.